The number of rotatable bonds is 3. The van der Waals surface area contributed by atoms with E-state index >= 15 is 0 Å². The van der Waals surface area contributed by atoms with E-state index in [1.807, 2.05) is 0 Å². The van der Waals surface area contributed by atoms with Crippen LogP contribution in [0.4, 0.5) is 10.5 Å². The van der Waals surface area contributed by atoms with E-state index in [0.717, 1.165) is 81.0 Å². The standard InChI is InChI=1S/C24H26N2O5S/c27-22-13-7-9-14(10-8-13)23-19(22)12-20(31-23)32(29,30)26-24(28)25-21-17-5-1-3-15(17)11-16-4-2-6-18(16)21/h11-14H,1-10H2,(H2,25,26,28). The molecule has 0 unspecified atom stereocenters. The summed E-state index contributed by atoms with van der Waals surface area (Å²) >= 11 is 0. The van der Waals surface area contributed by atoms with Crippen LogP contribution in [0, 0.1) is 5.92 Å². The molecule has 1 aromatic carbocycles. The maximum atomic E-state index is 12.9. The predicted molar refractivity (Wildman–Crippen MR) is 118 cm³/mol. The first-order valence-electron chi connectivity index (χ1n) is 11.6. The highest BCUT2D eigenvalue weighted by molar-refractivity contribution is 7.89. The van der Waals surface area contributed by atoms with Crippen molar-refractivity contribution in [2.75, 3.05) is 5.32 Å². The molecule has 5 aliphatic rings. The van der Waals surface area contributed by atoms with Gasteiger partial charge in [0, 0.05) is 23.6 Å². The number of sulfonamides is 1. The molecule has 1 saturated carbocycles. The van der Waals surface area contributed by atoms with Crippen molar-refractivity contribution in [2.24, 2.45) is 5.92 Å². The smallest absolute Gasteiger partial charge is 0.333 e. The van der Waals surface area contributed by atoms with Crippen LogP contribution in [-0.2, 0) is 35.7 Å². The number of carbonyl (C=O) groups excluding carboxylic acids is 2. The van der Waals surface area contributed by atoms with E-state index in [4.69, 9.17) is 4.42 Å². The molecule has 0 atom stereocenters. The second kappa shape index (κ2) is 7.20. The summed E-state index contributed by atoms with van der Waals surface area (Å²) in [6.07, 6.45) is 9.15. The first-order valence-corrected chi connectivity index (χ1v) is 13.1. The normalized spacial score (nSPS) is 23.4. The summed E-state index contributed by atoms with van der Waals surface area (Å²) in [4.78, 5) is 25.5. The maximum Gasteiger partial charge on any atom is 0.333 e. The third kappa shape index (κ3) is 3.10. The second-order valence-corrected chi connectivity index (χ2v) is 11.2. The molecule has 1 heterocycles. The topological polar surface area (TPSA) is 105 Å². The van der Waals surface area contributed by atoms with Crippen LogP contribution in [0.25, 0.3) is 0 Å². The molecule has 2 amide bonds. The minimum absolute atomic E-state index is 0.0370. The Morgan fingerprint density at radius 1 is 0.906 bits per heavy atom. The number of benzene rings is 1. The Kier molecular flexibility index (Phi) is 4.51. The molecule has 7 nitrogen and oxygen atoms in total. The van der Waals surface area contributed by atoms with Gasteiger partial charge in [-0.25, -0.2) is 9.52 Å². The Balaban J connectivity index is 1.27. The zero-order chi connectivity index (χ0) is 22.0. The van der Waals surface area contributed by atoms with Crippen molar-refractivity contribution in [3.05, 3.63) is 45.7 Å². The number of anilines is 1. The van der Waals surface area contributed by atoms with E-state index in [1.54, 1.807) is 0 Å². The number of nitrogens with one attached hydrogen (secondary N) is 2. The second-order valence-electron chi connectivity index (χ2n) is 9.55. The Bertz CT molecular complexity index is 1220. The summed E-state index contributed by atoms with van der Waals surface area (Å²) in [6.45, 7) is 0. The zero-order valence-electron chi connectivity index (χ0n) is 17.8. The van der Waals surface area contributed by atoms with Crippen LogP contribution in [-0.4, -0.2) is 20.2 Å². The first kappa shape index (κ1) is 20.0. The predicted octanol–water partition coefficient (Wildman–Crippen LogP) is 4.24. The fourth-order valence-electron chi connectivity index (χ4n) is 6.13. The van der Waals surface area contributed by atoms with Crippen LogP contribution in [0.2, 0.25) is 0 Å². The molecular formula is C24H26N2O5S. The van der Waals surface area contributed by atoms with Crippen molar-refractivity contribution in [1.29, 1.82) is 0 Å². The molecule has 2 bridgehead atoms. The van der Waals surface area contributed by atoms with Crippen molar-refractivity contribution < 1.29 is 22.4 Å². The summed E-state index contributed by atoms with van der Waals surface area (Å²) in [7, 11) is -4.23. The number of Topliss-reactive ketones (excluding diaryl/α,β-unsaturated/α-hetero) is 1. The van der Waals surface area contributed by atoms with E-state index in [2.05, 4.69) is 16.1 Å². The highest BCUT2D eigenvalue weighted by Gasteiger charge is 2.39. The van der Waals surface area contributed by atoms with Crippen LogP contribution in [0.15, 0.2) is 21.6 Å². The van der Waals surface area contributed by atoms with E-state index < -0.39 is 16.1 Å². The molecule has 5 aliphatic carbocycles. The number of hydrogen-bond donors (Lipinski definition) is 2. The fraction of sp³-hybridized carbons (Fsp3) is 0.500. The molecule has 168 valence electrons. The molecule has 0 aliphatic heterocycles. The van der Waals surface area contributed by atoms with Crippen LogP contribution < -0.4 is 10.0 Å². The highest BCUT2D eigenvalue weighted by Crippen LogP contribution is 2.45. The van der Waals surface area contributed by atoms with Gasteiger partial charge in [0.25, 0.3) is 10.0 Å². The quantitative estimate of drug-likeness (QED) is 0.722. The highest BCUT2D eigenvalue weighted by atomic mass is 32.2. The van der Waals surface area contributed by atoms with Gasteiger partial charge in [0.05, 0.1) is 5.56 Å². The molecule has 2 N–H and O–H groups in total. The van der Waals surface area contributed by atoms with Gasteiger partial charge >= 0.3 is 6.03 Å². The van der Waals surface area contributed by atoms with Crippen molar-refractivity contribution >= 4 is 27.5 Å². The summed E-state index contributed by atoms with van der Waals surface area (Å²) in [5, 5.41) is 2.48. The van der Waals surface area contributed by atoms with Crippen molar-refractivity contribution in [3.8, 4) is 0 Å². The van der Waals surface area contributed by atoms with E-state index in [0.29, 0.717) is 11.3 Å². The van der Waals surface area contributed by atoms with Gasteiger partial charge in [-0.05, 0) is 86.5 Å². The van der Waals surface area contributed by atoms with Gasteiger partial charge in [-0.15, -0.1) is 0 Å². The average molecular weight is 455 g/mol. The monoisotopic (exact) mass is 454 g/mol. The lowest BCUT2D eigenvalue weighted by molar-refractivity contribution is 0.0898. The molecule has 32 heavy (non-hydrogen) atoms. The maximum absolute atomic E-state index is 12.9. The molecule has 0 saturated heterocycles. The van der Waals surface area contributed by atoms with Crippen LogP contribution in [0.3, 0.4) is 0 Å². The van der Waals surface area contributed by atoms with Crippen molar-refractivity contribution in [1.82, 2.24) is 4.72 Å². The van der Waals surface area contributed by atoms with E-state index in [9.17, 15) is 18.0 Å². The number of urea groups is 1. The molecule has 7 rings (SSSR count). The lowest BCUT2D eigenvalue weighted by atomic mass is 9.83. The molecule has 2 aromatic rings. The average Bonchev–Trinajstić information content (AvgIpc) is 3.50. The molecule has 8 heteroatoms. The van der Waals surface area contributed by atoms with Gasteiger partial charge in [0.15, 0.2) is 5.78 Å². The number of hydrogen-bond acceptors (Lipinski definition) is 5. The Morgan fingerprint density at radius 3 is 2.19 bits per heavy atom. The summed E-state index contributed by atoms with van der Waals surface area (Å²) < 4.78 is 33.7. The van der Waals surface area contributed by atoms with E-state index in [-0.39, 0.29) is 22.7 Å². The van der Waals surface area contributed by atoms with Crippen molar-refractivity contribution in [3.63, 3.8) is 0 Å². The van der Waals surface area contributed by atoms with Gasteiger partial charge in [-0.2, -0.15) is 8.42 Å². The lowest BCUT2D eigenvalue weighted by Gasteiger charge is -2.21. The largest absolute Gasteiger partial charge is 0.447 e. The number of furan rings is 1. The fourth-order valence-corrected chi connectivity index (χ4v) is 6.99. The summed E-state index contributed by atoms with van der Waals surface area (Å²) in [5.41, 5.74) is 5.92. The van der Waals surface area contributed by atoms with Gasteiger partial charge in [-0.1, -0.05) is 6.07 Å². The van der Waals surface area contributed by atoms with Crippen LogP contribution in [0.5, 0.6) is 0 Å². The number of fused-ring (bicyclic) bond motifs is 4. The molecule has 0 radical (unpaired) electrons. The van der Waals surface area contributed by atoms with Gasteiger partial charge < -0.3 is 9.73 Å². The van der Waals surface area contributed by atoms with E-state index in [1.165, 1.54) is 17.2 Å². The number of carbonyl (C=O) groups is 2. The van der Waals surface area contributed by atoms with Crippen LogP contribution in [0.1, 0.15) is 82.8 Å². The third-order valence-corrected chi connectivity index (χ3v) is 8.86. The minimum atomic E-state index is -4.23. The summed E-state index contributed by atoms with van der Waals surface area (Å²) in [6, 6.07) is 2.77. The first-order chi connectivity index (χ1) is 15.4. The van der Waals surface area contributed by atoms with Gasteiger partial charge in [-0.3, -0.25) is 4.79 Å². The molecule has 1 fully saturated rings. The Morgan fingerprint density at radius 2 is 1.53 bits per heavy atom. The Labute approximate surface area is 187 Å². The number of ketones is 1. The minimum Gasteiger partial charge on any atom is -0.447 e. The summed E-state index contributed by atoms with van der Waals surface area (Å²) in [5.74, 6) is 0.443. The lowest BCUT2D eigenvalue weighted by Crippen LogP contribution is -2.34. The van der Waals surface area contributed by atoms with Gasteiger partial charge in [0.1, 0.15) is 5.76 Å². The third-order valence-electron chi connectivity index (χ3n) is 7.68. The molecule has 1 aromatic heterocycles. The van der Waals surface area contributed by atoms with Gasteiger partial charge in [0.2, 0.25) is 5.09 Å². The Hall–Kier alpha value is -2.61. The molecule has 0 spiro atoms. The SMILES string of the molecule is O=C(Nc1c2c(cc3c1CCC3)CCC2)NS(=O)(=O)c1cc2c(o1)C1CCC(CC1)C2=O. The number of aryl methyl sites for hydroxylation is 2. The zero-order valence-corrected chi connectivity index (χ0v) is 18.6. The van der Waals surface area contributed by atoms with Crippen molar-refractivity contribution in [2.45, 2.75) is 75.2 Å². The molecular weight excluding hydrogens is 428 g/mol. The number of amides is 2. The van der Waals surface area contributed by atoms with Crippen LogP contribution >= 0.6 is 0 Å².